The van der Waals surface area contributed by atoms with Gasteiger partial charge in [-0.15, -0.1) is 11.3 Å². The summed E-state index contributed by atoms with van der Waals surface area (Å²) in [6, 6.07) is 10.2. The van der Waals surface area contributed by atoms with Gasteiger partial charge in [0.1, 0.15) is 5.75 Å². The quantitative estimate of drug-likeness (QED) is 0.751. The van der Waals surface area contributed by atoms with Gasteiger partial charge in [0.05, 0.1) is 10.6 Å². The van der Waals surface area contributed by atoms with E-state index in [1.807, 2.05) is 13.0 Å². The van der Waals surface area contributed by atoms with Crippen LogP contribution in [0.2, 0.25) is 5.02 Å². The van der Waals surface area contributed by atoms with Gasteiger partial charge in [-0.3, -0.25) is 4.79 Å². The highest BCUT2D eigenvalue weighted by Gasteiger charge is 2.20. The Morgan fingerprint density at radius 3 is 2.38 bits per heavy atom. The number of ketones is 1. The van der Waals surface area contributed by atoms with Crippen molar-refractivity contribution in [2.45, 2.75) is 19.1 Å². The monoisotopic (exact) mass is 342 g/mol. The van der Waals surface area contributed by atoms with Crippen molar-refractivity contribution in [1.29, 1.82) is 0 Å². The van der Waals surface area contributed by atoms with Crippen molar-refractivity contribution in [2.75, 3.05) is 5.75 Å². The summed E-state index contributed by atoms with van der Waals surface area (Å²) in [6.45, 7) is 2.00. The average molecular weight is 343 g/mol. The van der Waals surface area contributed by atoms with E-state index in [-0.39, 0.29) is 11.5 Å². The minimum Gasteiger partial charge on any atom is -0.292 e. The molecule has 0 amide bonds. The number of carbonyl (C=O) groups excluding carboxylic acids is 1. The van der Waals surface area contributed by atoms with Gasteiger partial charge >= 0.3 is 0 Å². The van der Waals surface area contributed by atoms with Crippen LogP contribution in [0.5, 0.6) is 0 Å². The lowest BCUT2D eigenvalue weighted by Gasteiger charge is -2.03. The van der Waals surface area contributed by atoms with Crippen LogP contribution in [-0.2, 0) is 22.0 Å². The molecule has 0 aliphatic rings. The molecule has 0 saturated heterocycles. The summed E-state index contributed by atoms with van der Waals surface area (Å²) in [6.07, 6.45) is 0.843. The van der Waals surface area contributed by atoms with Crippen molar-refractivity contribution in [3.05, 3.63) is 56.7 Å². The van der Waals surface area contributed by atoms with E-state index in [0.717, 1.165) is 11.3 Å². The number of halogens is 1. The number of hydrogen-bond donors (Lipinski definition) is 0. The highest BCUT2D eigenvalue weighted by atomic mass is 35.5. The molecule has 0 unspecified atom stereocenters. The van der Waals surface area contributed by atoms with Crippen LogP contribution in [0.3, 0.4) is 0 Å². The molecule has 2 rings (SSSR count). The Hall–Kier alpha value is -1.17. The molecule has 3 nitrogen and oxygen atoms in total. The molecule has 2 aromatic rings. The molecule has 112 valence electrons. The van der Waals surface area contributed by atoms with E-state index in [4.69, 9.17) is 11.6 Å². The third-order valence-electron chi connectivity index (χ3n) is 2.94. The first-order valence-corrected chi connectivity index (χ1v) is 9.48. The normalized spacial score (nSPS) is 11.5. The third-order valence-corrected chi connectivity index (χ3v) is 5.93. The molecule has 0 radical (unpaired) electrons. The molecule has 0 atom stereocenters. The fourth-order valence-corrected chi connectivity index (χ4v) is 4.33. The summed E-state index contributed by atoms with van der Waals surface area (Å²) in [5, 5.41) is 0.554. The molecule has 0 spiro atoms. The van der Waals surface area contributed by atoms with Crippen molar-refractivity contribution in [3.8, 4) is 0 Å². The first-order valence-electron chi connectivity index (χ1n) is 6.46. The number of benzene rings is 1. The number of sulfone groups is 1. The molecule has 0 aliphatic carbocycles. The molecule has 1 aromatic heterocycles. The fraction of sp³-hybridized carbons (Fsp3) is 0.267. The van der Waals surface area contributed by atoms with Gasteiger partial charge in [0, 0.05) is 9.90 Å². The number of thiophene rings is 1. The predicted molar refractivity (Wildman–Crippen MR) is 87.0 cm³/mol. The Morgan fingerprint density at radius 1 is 1.14 bits per heavy atom. The second-order valence-corrected chi connectivity index (χ2v) is 8.37. The van der Waals surface area contributed by atoms with Gasteiger partial charge in [-0.2, -0.15) is 0 Å². The lowest BCUT2D eigenvalue weighted by Crippen LogP contribution is -2.17. The van der Waals surface area contributed by atoms with Gasteiger partial charge < -0.3 is 0 Å². The zero-order valence-corrected chi connectivity index (χ0v) is 13.9. The maximum Gasteiger partial charge on any atom is 0.187 e. The largest absolute Gasteiger partial charge is 0.292 e. The van der Waals surface area contributed by atoms with Crippen LogP contribution in [0.4, 0.5) is 0 Å². The lowest BCUT2D eigenvalue weighted by atomic mass is 10.2. The van der Waals surface area contributed by atoms with E-state index < -0.39 is 15.6 Å². The van der Waals surface area contributed by atoms with Gasteiger partial charge in [0.2, 0.25) is 0 Å². The molecule has 0 N–H and O–H groups in total. The Labute approximate surface area is 133 Å². The highest BCUT2D eigenvalue weighted by molar-refractivity contribution is 7.91. The molecular weight excluding hydrogens is 328 g/mol. The number of carbonyl (C=O) groups is 1. The maximum absolute atomic E-state index is 12.1. The van der Waals surface area contributed by atoms with E-state index in [0.29, 0.717) is 15.5 Å². The third kappa shape index (κ3) is 4.66. The van der Waals surface area contributed by atoms with Gasteiger partial charge in [-0.25, -0.2) is 8.42 Å². The smallest absolute Gasteiger partial charge is 0.187 e. The Bertz CT molecular complexity index is 731. The van der Waals surface area contributed by atoms with E-state index in [1.54, 1.807) is 30.3 Å². The van der Waals surface area contributed by atoms with Crippen LogP contribution >= 0.6 is 22.9 Å². The molecule has 0 fully saturated rings. The Balaban J connectivity index is 2.06. The summed E-state index contributed by atoms with van der Waals surface area (Å²) in [5.41, 5.74) is 0.632. The Morgan fingerprint density at radius 2 is 1.81 bits per heavy atom. The van der Waals surface area contributed by atoms with Crippen LogP contribution in [0, 0.1) is 0 Å². The second-order valence-electron chi connectivity index (χ2n) is 4.70. The number of aryl methyl sites for hydroxylation is 1. The highest BCUT2D eigenvalue weighted by Crippen LogP contribution is 2.19. The van der Waals surface area contributed by atoms with Gasteiger partial charge in [-0.05, 0) is 36.2 Å². The van der Waals surface area contributed by atoms with E-state index in [1.165, 1.54) is 11.3 Å². The van der Waals surface area contributed by atoms with Crippen LogP contribution in [0.1, 0.15) is 27.0 Å². The van der Waals surface area contributed by atoms with Crippen LogP contribution < -0.4 is 0 Å². The van der Waals surface area contributed by atoms with E-state index in [2.05, 4.69) is 0 Å². The maximum atomic E-state index is 12.1. The fourth-order valence-electron chi connectivity index (χ4n) is 1.87. The van der Waals surface area contributed by atoms with Crippen LogP contribution in [-0.4, -0.2) is 20.0 Å². The second kappa shape index (κ2) is 6.73. The Kier molecular flexibility index (Phi) is 5.19. The number of hydrogen-bond acceptors (Lipinski definition) is 4. The number of Topliss-reactive ketones (excluding diaryl/α,β-unsaturated/α-hetero) is 1. The van der Waals surface area contributed by atoms with Crippen molar-refractivity contribution < 1.29 is 13.2 Å². The molecule has 0 bridgehead atoms. The van der Waals surface area contributed by atoms with Crippen molar-refractivity contribution in [3.63, 3.8) is 0 Å². The standard InChI is InChI=1S/C15H15ClO3S2/c1-2-13-7-8-15(20-13)14(17)10-21(18,19)9-11-3-5-12(16)6-4-11/h3-8H,2,9-10H2,1H3. The molecule has 1 heterocycles. The first kappa shape index (κ1) is 16.2. The van der Waals surface area contributed by atoms with E-state index >= 15 is 0 Å². The van der Waals surface area contributed by atoms with Crippen LogP contribution in [0.15, 0.2) is 36.4 Å². The van der Waals surface area contributed by atoms with Crippen molar-refractivity contribution in [2.24, 2.45) is 0 Å². The minimum atomic E-state index is -3.48. The predicted octanol–water partition coefficient (Wildman–Crippen LogP) is 3.76. The average Bonchev–Trinajstić information content (AvgIpc) is 2.89. The lowest BCUT2D eigenvalue weighted by molar-refractivity contribution is 0.102. The summed E-state index contributed by atoms with van der Waals surface area (Å²) < 4.78 is 24.2. The van der Waals surface area contributed by atoms with Crippen LogP contribution in [0.25, 0.3) is 0 Å². The first-order chi connectivity index (χ1) is 9.89. The zero-order chi connectivity index (χ0) is 15.5. The summed E-state index contributed by atoms with van der Waals surface area (Å²) in [4.78, 5) is 13.6. The topological polar surface area (TPSA) is 51.2 Å². The van der Waals surface area contributed by atoms with Gasteiger partial charge in [0.15, 0.2) is 15.6 Å². The van der Waals surface area contributed by atoms with Crippen molar-refractivity contribution >= 4 is 38.6 Å². The van der Waals surface area contributed by atoms with Gasteiger partial charge in [0.25, 0.3) is 0 Å². The summed E-state index contributed by atoms with van der Waals surface area (Å²) >= 11 is 7.12. The summed E-state index contributed by atoms with van der Waals surface area (Å²) in [7, 11) is -3.48. The van der Waals surface area contributed by atoms with Crippen molar-refractivity contribution in [1.82, 2.24) is 0 Å². The summed E-state index contributed by atoms with van der Waals surface area (Å²) in [5.74, 6) is -0.949. The molecule has 6 heteroatoms. The van der Waals surface area contributed by atoms with E-state index in [9.17, 15) is 13.2 Å². The molecule has 21 heavy (non-hydrogen) atoms. The molecule has 0 aliphatic heterocycles. The molecule has 0 saturated carbocycles. The zero-order valence-electron chi connectivity index (χ0n) is 11.5. The SMILES string of the molecule is CCc1ccc(C(=O)CS(=O)(=O)Cc2ccc(Cl)cc2)s1. The number of rotatable bonds is 6. The minimum absolute atomic E-state index is 0.151. The molecule has 1 aromatic carbocycles. The molecular formula is C15H15ClO3S2. The van der Waals surface area contributed by atoms with Gasteiger partial charge in [-0.1, -0.05) is 30.7 Å².